The standard InChI is InChI=1S/C19H16N2O5S/c1-11-7-8-14(13-6-4-3-5-12(11)13)18(22)20-15-9-10-16(27(2,25)26)21-17(15)19(23)24/h3-10H,1-2H3,(H,20,22)(H,23,24). The second-order valence-electron chi connectivity index (χ2n) is 6.05. The summed E-state index contributed by atoms with van der Waals surface area (Å²) >= 11 is 0. The summed E-state index contributed by atoms with van der Waals surface area (Å²) < 4.78 is 23.2. The summed E-state index contributed by atoms with van der Waals surface area (Å²) in [7, 11) is -3.68. The zero-order chi connectivity index (χ0) is 19.8. The minimum atomic E-state index is -3.68. The highest BCUT2D eigenvalue weighted by Gasteiger charge is 2.20. The molecule has 0 spiro atoms. The van der Waals surface area contributed by atoms with Gasteiger partial charge in [-0.25, -0.2) is 18.2 Å². The minimum Gasteiger partial charge on any atom is -0.476 e. The topological polar surface area (TPSA) is 113 Å². The van der Waals surface area contributed by atoms with Crippen LogP contribution in [0.3, 0.4) is 0 Å². The molecule has 0 aliphatic carbocycles. The van der Waals surface area contributed by atoms with Crippen molar-refractivity contribution in [2.45, 2.75) is 11.9 Å². The molecule has 138 valence electrons. The molecular formula is C19H16N2O5S. The minimum absolute atomic E-state index is 0.0791. The highest BCUT2D eigenvalue weighted by Crippen LogP contribution is 2.24. The number of amides is 1. The SMILES string of the molecule is Cc1ccc(C(=O)Nc2ccc(S(C)(=O)=O)nc2C(=O)O)c2ccccc12. The molecule has 1 amide bonds. The second-order valence-corrected chi connectivity index (χ2v) is 8.02. The van der Waals surface area contributed by atoms with Crippen LogP contribution in [0.4, 0.5) is 5.69 Å². The number of carbonyl (C=O) groups is 2. The molecular weight excluding hydrogens is 368 g/mol. The number of carboxylic acids is 1. The van der Waals surface area contributed by atoms with Crippen LogP contribution in [0.5, 0.6) is 0 Å². The summed E-state index contributed by atoms with van der Waals surface area (Å²) in [6, 6.07) is 13.2. The van der Waals surface area contributed by atoms with Crippen molar-refractivity contribution >= 4 is 38.2 Å². The Morgan fingerprint density at radius 3 is 2.30 bits per heavy atom. The molecule has 0 aliphatic rings. The van der Waals surface area contributed by atoms with Crippen LogP contribution in [0, 0.1) is 6.92 Å². The maximum Gasteiger partial charge on any atom is 0.356 e. The fraction of sp³-hybridized carbons (Fsp3) is 0.105. The Morgan fingerprint density at radius 1 is 1.00 bits per heavy atom. The van der Waals surface area contributed by atoms with Gasteiger partial charge in [-0.3, -0.25) is 4.79 Å². The Labute approximate surface area is 155 Å². The molecule has 0 saturated carbocycles. The van der Waals surface area contributed by atoms with Gasteiger partial charge in [0.15, 0.2) is 20.6 Å². The van der Waals surface area contributed by atoms with Crippen LogP contribution in [-0.2, 0) is 9.84 Å². The molecule has 3 rings (SSSR count). The van der Waals surface area contributed by atoms with Crippen LogP contribution in [0.15, 0.2) is 53.6 Å². The zero-order valence-corrected chi connectivity index (χ0v) is 15.4. The summed E-state index contributed by atoms with van der Waals surface area (Å²) in [4.78, 5) is 27.9. The Hall–Kier alpha value is -3.26. The van der Waals surface area contributed by atoms with Gasteiger partial charge in [0.05, 0.1) is 5.69 Å². The van der Waals surface area contributed by atoms with E-state index in [0.29, 0.717) is 5.56 Å². The predicted molar refractivity (Wildman–Crippen MR) is 101 cm³/mol. The van der Waals surface area contributed by atoms with Crippen LogP contribution >= 0.6 is 0 Å². The zero-order valence-electron chi connectivity index (χ0n) is 14.6. The van der Waals surface area contributed by atoms with Crippen molar-refractivity contribution < 1.29 is 23.1 Å². The molecule has 27 heavy (non-hydrogen) atoms. The molecule has 0 radical (unpaired) electrons. The molecule has 0 bridgehead atoms. The maximum atomic E-state index is 12.7. The Balaban J connectivity index is 2.05. The lowest BCUT2D eigenvalue weighted by Crippen LogP contribution is -2.17. The number of anilines is 1. The van der Waals surface area contributed by atoms with Crippen molar-refractivity contribution in [1.29, 1.82) is 0 Å². The van der Waals surface area contributed by atoms with Gasteiger partial charge in [-0.15, -0.1) is 0 Å². The first-order chi connectivity index (χ1) is 12.7. The highest BCUT2D eigenvalue weighted by atomic mass is 32.2. The number of aromatic carboxylic acids is 1. The highest BCUT2D eigenvalue weighted by molar-refractivity contribution is 7.90. The van der Waals surface area contributed by atoms with Gasteiger partial charge in [0.25, 0.3) is 5.91 Å². The molecule has 1 heterocycles. The lowest BCUT2D eigenvalue weighted by molar-refractivity contribution is 0.0691. The number of nitrogens with zero attached hydrogens (tertiary/aromatic N) is 1. The first-order valence-corrected chi connectivity index (χ1v) is 9.81. The van der Waals surface area contributed by atoms with Gasteiger partial charge in [-0.1, -0.05) is 30.3 Å². The quantitative estimate of drug-likeness (QED) is 0.715. The van der Waals surface area contributed by atoms with Gasteiger partial charge in [0.2, 0.25) is 0 Å². The first-order valence-electron chi connectivity index (χ1n) is 7.92. The summed E-state index contributed by atoms with van der Waals surface area (Å²) in [6.45, 7) is 1.93. The van der Waals surface area contributed by atoms with Gasteiger partial charge in [-0.2, -0.15) is 0 Å². The van der Waals surface area contributed by atoms with E-state index in [0.717, 1.165) is 28.7 Å². The third-order valence-electron chi connectivity index (χ3n) is 4.09. The molecule has 1 aromatic heterocycles. The molecule has 0 saturated heterocycles. The normalized spacial score (nSPS) is 11.3. The lowest BCUT2D eigenvalue weighted by Gasteiger charge is -2.12. The van der Waals surface area contributed by atoms with Crippen molar-refractivity contribution in [2.75, 3.05) is 11.6 Å². The number of pyridine rings is 1. The van der Waals surface area contributed by atoms with Gasteiger partial charge in [-0.05, 0) is 41.5 Å². The van der Waals surface area contributed by atoms with E-state index >= 15 is 0 Å². The average Bonchev–Trinajstić information content (AvgIpc) is 2.61. The first kappa shape index (κ1) is 18.5. The number of benzene rings is 2. The number of sulfone groups is 1. The third kappa shape index (κ3) is 3.65. The number of aryl methyl sites for hydroxylation is 1. The van der Waals surface area contributed by atoms with E-state index in [4.69, 9.17) is 0 Å². The van der Waals surface area contributed by atoms with E-state index < -0.39 is 27.4 Å². The number of rotatable bonds is 4. The number of carbonyl (C=O) groups excluding carboxylic acids is 1. The summed E-state index contributed by atoms with van der Waals surface area (Å²) in [5, 5.41) is 13.1. The van der Waals surface area contributed by atoms with Crippen LogP contribution in [0.1, 0.15) is 26.4 Å². The van der Waals surface area contributed by atoms with E-state index in [9.17, 15) is 23.1 Å². The molecule has 7 nitrogen and oxygen atoms in total. The maximum absolute atomic E-state index is 12.7. The second kappa shape index (κ2) is 6.81. The van der Waals surface area contributed by atoms with Crippen molar-refractivity contribution in [3.05, 3.63) is 65.4 Å². The average molecular weight is 384 g/mol. The molecule has 2 aromatic carbocycles. The molecule has 8 heteroatoms. The molecule has 0 fully saturated rings. The van der Waals surface area contributed by atoms with Crippen LogP contribution in [0.25, 0.3) is 10.8 Å². The Bertz CT molecular complexity index is 1190. The molecule has 2 N–H and O–H groups in total. The van der Waals surface area contributed by atoms with E-state index in [1.165, 1.54) is 6.07 Å². The van der Waals surface area contributed by atoms with Crippen molar-refractivity contribution in [3.8, 4) is 0 Å². The predicted octanol–water partition coefficient (Wildman–Crippen LogP) is 2.90. The van der Waals surface area contributed by atoms with E-state index in [1.807, 2.05) is 25.1 Å². The summed E-state index contributed by atoms with van der Waals surface area (Å²) in [6.07, 6.45) is 0.928. The molecule has 3 aromatic rings. The Kier molecular flexibility index (Phi) is 4.67. The number of carboxylic acid groups (broad SMARTS) is 1. The number of fused-ring (bicyclic) bond motifs is 1. The fourth-order valence-corrected chi connectivity index (χ4v) is 3.32. The van der Waals surface area contributed by atoms with E-state index in [1.54, 1.807) is 18.2 Å². The van der Waals surface area contributed by atoms with E-state index in [-0.39, 0.29) is 10.7 Å². The number of nitrogens with one attached hydrogen (secondary N) is 1. The fourth-order valence-electron chi connectivity index (χ4n) is 2.75. The molecule has 0 aliphatic heterocycles. The molecule has 0 unspecified atom stereocenters. The number of hydrogen-bond donors (Lipinski definition) is 2. The monoisotopic (exact) mass is 384 g/mol. The van der Waals surface area contributed by atoms with Gasteiger partial charge < -0.3 is 10.4 Å². The van der Waals surface area contributed by atoms with E-state index in [2.05, 4.69) is 10.3 Å². The van der Waals surface area contributed by atoms with Gasteiger partial charge in [0, 0.05) is 11.8 Å². The number of aromatic nitrogens is 1. The Morgan fingerprint density at radius 2 is 1.67 bits per heavy atom. The molecule has 0 atom stereocenters. The van der Waals surface area contributed by atoms with Crippen molar-refractivity contribution in [2.24, 2.45) is 0 Å². The summed E-state index contributed by atoms with van der Waals surface area (Å²) in [5.74, 6) is -1.95. The van der Waals surface area contributed by atoms with Gasteiger partial charge in [0.1, 0.15) is 0 Å². The van der Waals surface area contributed by atoms with Gasteiger partial charge >= 0.3 is 5.97 Å². The van der Waals surface area contributed by atoms with Crippen LogP contribution in [-0.4, -0.2) is 36.6 Å². The lowest BCUT2D eigenvalue weighted by atomic mass is 10.00. The van der Waals surface area contributed by atoms with Crippen LogP contribution in [0.2, 0.25) is 0 Å². The summed E-state index contributed by atoms with van der Waals surface area (Å²) in [5.41, 5.74) is 0.763. The largest absolute Gasteiger partial charge is 0.476 e. The smallest absolute Gasteiger partial charge is 0.356 e. The number of hydrogen-bond acceptors (Lipinski definition) is 5. The van der Waals surface area contributed by atoms with Crippen molar-refractivity contribution in [3.63, 3.8) is 0 Å². The van der Waals surface area contributed by atoms with Crippen LogP contribution < -0.4 is 5.32 Å². The van der Waals surface area contributed by atoms with Crippen molar-refractivity contribution in [1.82, 2.24) is 4.98 Å². The third-order valence-corrected chi connectivity index (χ3v) is 5.07.